The Kier molecular flexibility index (Phi) is 3.39. The molecule has 0 unspecified atom stereocenters. The number of hydrogen-bond donors (Lipinski definition) is 0. The van der Waals surface area contributed by atoms with E-state index in [9.17, 15) is 0 Å². The van der Waals surface area contributed by atoms with Gasteiger partial charge in [0.2, 0.25) is 0 Å². The molecule has 17 heavy (non-hydrogen) atoms. The molecule has 0 aliphatic heterocycles. The Bertz CT molecular complexity index is 528. The number of aromatic nitrogens is 2. The summed E-state index contributed by atoms with van der Waals surface area (Å²) < 4.78 is 15.6. The molecule has 1 aromatic carbocycles. The van der Waals surface area contributed by atoms with E-state index in [0.29, 0.717) is 11.5 Å². The zero-order valence-corrected chi connectivity index (χ0v) is 10.1. The van der Waals surface area contributed by atoms with Gasteiger partial charge in [0.15, 0.2) is 18.3 Å². The fraction of sp³-hybridized carbons (Fsp3) is 0.333. The van der Waals surface area contributed by atoms with Crippen LogP contribution >= 0.6 is 0 Å². The van der Waals surface area contributed by atoms with E-state index in [-0.39, 0.29) is 6.79 Å². The van der Waals surface area contributed by atoms with Crippen LogP contribution in [0, 0.1) is 6.92 Å². The molecule has 5 nitrogen and oxygen atoms in total. The molecule has 1 aromatic heterocycles. The molecule has 0 aliphatic carbocycles. The van der Waals surface area contributed by atoms with Gasteiger partial charge in [-0.05, 0) is 13.0 Å². The molecule has 5 heteroatoms. The Balaban J connectivity index is 2.53. The first-order valence-corrected chi connectivity index (χ1v) is 5.17. The number of aryl methyl sites for hydroxylation is 1. The average molecular weight is 234 g/mol. The summed E-state index contributed by atoms with van der Waals surface area (Å²) in [7, 11) is 3.16. The van der Waals surface area contributed by atoms with Crippen LogP contribution in [0.1, 0.15) is 5.69 Å². The fourth-order valence-electron chi connectivity index (χ4n) is 1.59. The van der Waals surface area contributed by atoms with Gasteiger partial charge in [-0.2, -0.15) is 0 Å². The number of benzene rings is 1. The Labute approximate surface area is 99.4 Å². The number of ether oxygens (including phenoxy) is 3. The lowest BCUT2D eigenvalue weighted by atomic mass is 10.2. The first-order valence-electron chi connectivity index (χ1n) is 5.17. The standard InChI is InChI=1S/C12H14N2O3/c1-8-9-4-12(17-7-15-2)11(16-3)5-10(9)14-6-13-8/h4-6H,7H2,1-3H3. The van der Waals surface area contributed by atoms with Crippen LogP contribution in [0.15, 0.2) is 18.5 Å². The molecule has 0 atom stereocenters. The zero-order chi connectivity index (χ0) is 12.3. The summed E-state index contributed by atoms with van der Waals surface area (Å²) in [5.41, 5.74) is 1.74. The van der Waals surface area contributed by atoms with Gasteiger partial charge in [-0.3, -0.25) is 0 Å². The molecule has 90 valence electrons. The fourth-order valence-corrected chi connectivity index (χ4v) is 1.59. The molecule has 1 heterocycles. The molecule has 0 fully saturated rings. The Morgan fingerprint density at radius 3 is 2.65 bits per heavy atom. The van der Waals surface area contributed by atoms with Gasteiger partial charge in [-0.25, -0.2) is 9.97 Å². The van der Waals surface area contributed by atoms with Gasteiger partial charge in [-0.1, -0.05) is 0 Å². The third-order valence-corrected chi connectivity index (χ3v) is 2.45. The van der Waals surface area contributed by atoms with Gasteiger partial charge < -0.3 is 14.2 Å². The molecule has 0 radical (unpaired) electrons. The predicted octanol–water partition coefficient (Wildman–Crippen LogP) is 1.93. The van der Waals surface area contributed by atoms with Crippen LogP contribution in [0.2, 0.25) is 0 Å². The lowest BCUT2D eigenvalue weighted by molar-refractivity contribution is 0.0493. The van der Waals surface area contributed by atoms with Crippen LogP contribution in [-0.4, -0.2) is 31.0 Å². The summed E-state index contributed by atoms with van der Waals surface area (Å²) in [4.78, 5) is 8.34. The Hall–Kier alpha value is -1.88. The van der Waals surface area contributed by atoms with Crippen molar-refractivity contribution in [3.63, 3.8) is 0 Å². The largest absolute Gasteiger partial charge is 0.493 e. The summed E-state index contributed by atoms with van der Waals surface area (Å²) in [5, 5.41) is 0.944. The minimum absolute atomic E-state index is 0.175. The average Bonchev–Trinajstić information content (AvgIpc) is 2.36. The highest BCUT2D eigenvalue weighted by Gasteiger charge is 2.09. The maximum absolute atomic E-state index is 5.44. The first-order chi connectivity index (χ1) is 8.26. The minimum atomic E-state index is 0.175. The first kappa shape index (κ1) is 11.6. The van der Waals surface area contributed by atoms with E-state index in [1.54, 1.807) is 14.2 Å². The van der Waals surface area contributed by atoms with Crippen molar-refractivity contribution in [3.8, 4) is 11.5 Å². The van der Waals surface area contributed by atoms with Crippen molar-refractivity contribution in [3.05, 3.63) is 24.2 Å². The zero-order valence-electron chi connectivity index (χ0n) is 10.1. The maximum Gasteiger partial charge on any atom is 0.188 e. The van der Waals surface area contributed by atoms with Crippen LogP contribution in [0.4, 0.5) is 0 Å². The monoisotopic (exact) mass is 234 g/mol. The van der Waals surface area contributed by atoms with Gasteiger partial charge in [0.05, 0.1) is 12.6 Å². The van der Waals surface area contributed by atoms with Gasteiger partial charge in [0, 0.05) is 24.3 Å². The molecular formula is C12H14N2O3. The lowest BCUT2D eigenvalue weighted by Gasteiger charge is -2.11. The van der Waals surface area contributed by atoms with E-state index in [1.807, 2.05) is 19.1 Å². The third-order valence-electron chi connectivity index (χ3n) is 2.45. The lowest BCUT2D eigenvalue weighted by Crippen LogP contribution is -2.01. The Morgan fingerprint density at radius 1 is 1.12 bits per heavy atom. The van der Waals surface area contributed by atoms with Crippen molar-refractivity contribution in [2.45, 2.75) is 6.92 Å². The molecule has 0 aliphatic rings. The second-order valence-electron chi connectivity index (χ2n) is 3.53. The van der Waals surface area contributed by atoms with Gasteiger partial charge in [0.1, 0.15) is 6.33 Å². The van der Waals surface area contributed by atoms with E-state index in [2.05, 4.69) is 9.97 Å². The van der Waals surface area contributed by atoms with Crippen LogP contribution < -0.4 is 9.47 Å². The predicted molar refractivity (Wildman–Crippen MR) is 63.3 cm³/mol. The smallest absolute Gasteiger partial charge is 0.188 e. The third kappa shape index (κ3) is 2.29. The van der Waals surface area contributed by atoms with Crippen molar-refractivity contribution in [2.24, 2.45) is 0 Å². The van der Waals surface area contributed by atoms with E-state index in [1.165, 1.54) is 6.33 Å². The molecule has 2 aromatic rings. The van der Waals surface area contributed by atoms with Crippen molar-refractivity contribution < 1.29 is 14.2 Å². The van der Waals surface area contributed by atoms with Crippen LogP contribution in [0.3, 0.4) is 0 Å². The van der Waals surface area contributed by atoms with Crippen LogP contribution in [0.25, 0.3) is 10.9 Å². The number of fused-ring (bicyclic) bond motifs is 1. The molecule has 0 saturated carbocycles. The minimum Gasteiger partial charge on any atom is -0.493 e. The molecule has 0 bridgehead atoms. The number of rotatable bonds is 4. The summed E-state index contributed by atoms with van der Waals surface area (Å²) in [6.45, 7) is 2.10. The Morgan fingerprint density at radius 2 is 1.94 bits per heavy atom. The number of hydrogen-bond acceptors (Lipinski definition) is 5. The molecule has 2 rings (SSSR count). The van der Waals surface area contributed by atoms with Gasteiger partial charge in [-0.15, -0.1) is 0 Å². The van der Waals surface area contributed by atoms with Crippen LogP contribution in [0.5, 0.6) is 11.5 Å². The molecule has 0 saturated heterocycles. The normalized spacial score (nSPS) is 10.5. The van der Waals surface area contributed by atoms with E-state index >= 15 is 0 Å². The highest BCUT2D eigenvalue weighted by atomic mass is 16.7. The summed E-state index contributed by atoms with van der Waals surface area (Å²) in [6, 6.07) is 3.69. The summed E-state index contributed by atoms with van der Waals surface area (Å²) in [6.07, 6.45) is 1.53. The van der Waals surface area contributed by atoms with Crippen molar-refractivity contribution in [1.82, 2.24) is 9.97 Å². The summed E-state index contributed by atoms with van der Waals surface area (Å²) in [5.74, 6) is 1.26. The molecular weight excluding hydrogens is 220 g/mol. The molecule has 0 N–H and O–H groups in total. The second kappa shape index (κ2) is 4.97. The van der Waals surface area contributed by atoms with Crippen LogP contribution in [-0.2, 0) is 4.74 Å². The second-order valence-corrected chi connectivity index (χ2v) is 3.53. The maximum atomic E-state index is 5.44. The summed E-state index contributed by atoms with van der Waals surface area (Å²) >= 11 is 0. The van der Waals surface area contributed by atoms with Crippen molar-refractivity contribution in [2.75, 3.05) is 21.0 Å². The van der Waals surface area contributed by atoms with E-state index in [0.717, 1.165) is 16.6 Å². The van der Waals surface area contributed by atoms with Gasteiger partial charge >= 0.3 is 0 Å². The van der Waals surface area contributed by atoms with E-state index < -0.39 is 0 Å². The molecule has 0 spiro atoms. The van der Waals surface area contributed by atoms with Crippen molar-refractivity contribution in [1.29, 1.82) is 0 Å². The van der Waals surface area contributed by atoms with E-state index in [4.69, 9.17) is 14.2 Å². The quantitative estimate of drug-likeness (QED) is 0.756. The number of methoxy groups -OCH3 is 2. The highest BCUT2D eigenvalue weighted by molar-refractivity contribution is 5.84. The molecule has 0 amide bonds. The number of nitrogens with zero attached hydrogens (tertiary/aromatic N) is 2. The topological polar surface area (TPSA) is 53.5 Å². The SMILES string of the molecule is COCOc1cc2c(C)ncnc2cc1OC. The van der Waals surface area contributed by atoms with Gasteiger partial charge in [0.25, 0.3) is 0 Å². The highest BCUT2D eigenvalue weighted by Crippen LogP contribution is 2.32. The van der Waals surface area contributed by atoms with Crippen molar-refractivity contribution >= 4 is 10.9 Å².